The molecular weight excluding hydrogens is 299 g/mol. The Bertz CT molecular complexity index is 605. The Morgan fingerprint density at radius 2 is 0.950 bits per heavy atom. The number of hydrogen-bond acceptors (Lipinski definition) is 2. The summed E-state index contributed by atoms with van der Waals surface area (Å²) in [4.78, 5) is 23.3. The molecule has 0 saturated heterocycles. The molecule has 4 nitrogen and oxygen atoms in total. The minimum atomic E-state index is -0.607. The first-order valence-electron chi connectivity index (χ1n) is 5.58. The van der Waals surface area contributed by atoms with Gasteiger partial charge in [0.1, 0.15) is 0 Å². The summed E-state index contributed by atoms with van der Waals surface area (Å²) in [5.41, 5.74) is 0.615. The van der Waals surface area contributed by atoms with E-state index in [4.69, 9.17) is 23.2 Å². The van der Waals surface area contributed by atoms with Gasteiger partial charge in [0, 0.05) is 21.2 Å². The summed E-state index contributed by atoms with van der Waals surface area (Å²) in [6.45, 7) is 0. The van der Waals surface area contributed by atoms with Gasteiger partial charge in [0.25, 0.3) is 11.8 Å². The fourth-order valence-electron chi connectivity index (χ4n) is 1.39. The molecule has 0 fully saturated rings. The minimum absolute atomic E-state index is 0.307. The summed E-state index contributed by atoms with van der Waals surface area (Å²) < 4.78 is 0. The summed E-state index contributed by atoms with van der Waals surface area (Å²) >= 11 is 11.4. The van der Waals surface area contributed by atoms with Crippen molar-refractivity contribution in [2.45, 2.75) is 0 Å². The number of amides is 2. The molecule has 0 unspecified atom stereocenters. The van der Waals surface area contributed by atoms with E-state index >= 15 is 0 Å². The van der Waals surface area contributed by atoms with E-state index in [2.05, 4.69) is 10.2 Å². The van der Waals surface area contributed by atoms with E-state index < -0.39 is 11.8 Å². The Balaban J connectivity index is 2.09. The average molecular weight is 307 g/mol. The molecule has 0 radical (unpaired) electrons. The van der Waals surface area contributed by atoms with Crippen LogP contribution >= 0.6 is 23.2 Å². The molecule has 6 heteroatoms. The molecule has 2 aromatic carbocycles. The number of nitrogens with zero attached hydrogens (tertiary/aromatic N) is 2. The summed E-state index contributed by atoms with van der Waals surface area (Å²) in [5.74, 6) is -1.21. The third-order valence-corrected chi connectivity index (χ3v) is 2.92. The lowest BCUT2D eigenvalue weighted by molar-refractivity contribution is 0.0947. The lowest BCUT2D eigenvalue weighted by atomic mass is 10.2. The molecule has 0 saturated carbocycles. The van der Waals surface area contributed by atoms with E-state index in [1.165, 1.54) is 24.3 Å². The molecule has 2 rings (SSSR count). The molecule has 0 aromatic heterocycles. The van der Waals surface area contributed by atoms with Crippen LogP contribution in [0.4, 0.5) is 0 Å². The Hall–Kier alpha value is -2.04. The van der Waals surface area contributed by atoms with Crippen LogP contribution in [0, 0.1) is 0 Å². The molecule has 0 aliphatic carbocycles. The third kappa shape index (κ3) is 3.73. The van der Waals surface area contributed by atoms with Crippen molar-refractivity contribution in [3.63, 3.8) is 0 Å². The van der Waals surface area contributed by atoms with Gasteiger partial charge in [0.05, 0.1) is 0 Å². The van der Waals surface area contributed by atoms with E-state index in [9.17, 15) is 9.59 Å². The molecule has 20 heavy (non-hydrogen) atoms. The molecular formula is C14H8Cl2N2O2. The third-order valence-electron chi connectivity index (χ3n) is 2.41. The van der Waals surface area contributed by atoms with Crippen molar-refractivity contribution in [1.29, 1.82) is 0 Å². The predicted molar refractivity (Wildman–Crippen MR) is 76.4 cm³/mol. The predicted octanol–water partition coefficient (Wildman–Crippen LogP) is 4.43. The topological polar surface area (TPSA) is 58.9 Å². The van der Waals surface area contributed by atoms with Crippen LogP contribution in [-0.2, 0) is 0 Å². The molecule has 0 bridgehead atoms. The lowest BCUT2D eigenvalue weighted by Gasteiger charge is -1.95. The number of hydrogen-bond donors (Lipinski definition) is 0. The highest BCUT2D eigenvalue weighted by Gasteiger charge is 2.07. The van der Waals surface area contributed by atoms with E-state index in [1.54, 1.807) is 24.3 Å². The minimum Gasteiger partial charge on any atom is -0.265 e. The maximum absolute atomic E-state index is 11.7. The van der Waals surface area contributed by atoms with Crippen LogP contribution in [0.15, 0.2) is 58.8 Å². The van der Waals surface area contributed by atoms with Gasteiger partial charge in [-0.25, -0.2) is 0 Å². The number of carbonyl (C=O) groups is 2. The lowest BCUT2D eigenvalue weighted by Crippen LogP contribution is -1.97. The van der Waals surface area contributed by atoms with Gasteiger partial charge in [-0.1, -0.05) is 23.2 Å². The first-order chi connectivity index (χ1) is 9.56. The molecule has 0 aliphatic heterocycles. The van der Waals surface area contributed by atoms with Gasteiger partial charge in [-0.2, -0.15) is 0 Å². The van der Waals surface area contributed by atoms with Crippen LogP contribution < -0.4 is 0 Å². The van der Waals surface area contributed by atoms with Crippen LogP contribution in [0.2, 0.25) is 10.0 Å². The molecule has 0 N–H and O–H groups in total. The Morgan fingerprint density at radius 3 is 1.25 bits per heavy atom. The highest BCUT2D eigenvalue weighted by atomic mass is 35.5. The van der Waals surface area contributed by atoms with Crippen LogP contribution in [0.25, 0.3) is 0 Å². The zero-order valence-electron chi connectivity index (χ0n) is 10.1. The number of benzene rings is 2. The number of halogens is 2. The van der Waals surface area contributed by atoms with Gasteiger partial charge in [-0.05, 0) is 48.5 Å². The van der Waals surface area contributed by atoms with Crippen LogP contribution in [-0.4, -0.2) is 11.8 Å². The van der Waals surface area contributed by atoms with Gasteiger partial charge in [-0.15, -0.1) is 10.2 Å². The largest absolute Gasteiger partial charge is 0.295 e. The average Bonchev–Trinajstić information content (AvgIpc) is 2.46. The molecule has 100 valence electrons. The molecule has 0 heterocycles. The van der Waals surface area contributed by atoms with E-state index in [-0.39, 0.29) is 0 Å². The van der Waals surface area contributed by atoms with Crippen molar-refractivity contribution in [2.75, 3.05) is 0 Å². The standard InChI is InChI=1S/C14H8Cl2N2O2/c15-11-5-1-9(2-6-11)13(19)17-18-14(20)10-3-7-12(16)8-4-10/h1-8H. The number of azo groups is 1. The SMILES string of the molecule is O=C(N=NC(=O)c1ccc(Cl)cc1)c1ccc(Cl)cc1. The number of rotatable bonds is 2. The summed E-state index contributed by atoms with van der Waals surface area (Å²) in [6, 6.07) is 12.3. The van der Waals surface area contributed by atoms with Crippen molar-refractivity contribution in [3.8, 4) is 0 Å². The monoisotopic (exact) mass is 306 g/mol. The smallest absolute Gasteiger partial charge is 0.265 e. The summed E-state index contributed by atoms with van der Waals surface area (Å²) in [7, 11) is 0. The Kier molecular flexibility index (Phi) is 4.61. The molecule has 0 aliphatic rings. The Labute approximate surface area is 125 Å². The number of carbonyl (C=O) groups excluding carboxylic acids is 2. The first kappa shape index (κ1) is 14.4. The zero-order chi connectivity index (χ0) is 14.5. The molecule has 0 spiro atoms. The summed E-state index contributed by atoms with van der Waals surface area (Å²) in [5, 5.41) is 7.79. The molecule has 2 aromatic rings. The highest BCUT2D eigenvalue weighted by molar-refractivity contribution is 6.31. The highest BCUT2D eigenvalue weighted by Crippen LogP contribution is 2.12. The fraction of sp³-hybridized carbons (Fsp3) is 0. The van der Waals surface area contributed by atoms with Crippen molar-refractivity contribution < 1.29 is 9.59 Å². The van der Waals surface area contributed by atoms with Gasteiger partial charge < -0.3 is 0 Å². The van der Waals surface area contributed by atoms with Crippen LogP contribution in [0.1, 0.15) is 20.7 Å². The van der Waals surface area contributed by atoms with Crippen molar-refractivity contribution in [2.24, 2.45) is 10.2 Å². The maximum Gasteiger partial charge on any atom is 0.295 e. The van der Waals surface area contributed by atoms with Crippen LogP contribution in [0.5, 0.6) is 0 Å². The van der Waals surface area contributed by atoms with Crippen LogP contribution in [0.3, 0.4) is 0 Å². The van der Waals surface area contributed by atoms with Gasteiger partial charge in [0.2, 0.25) is 0 Å². The van der Waals surface area contributed by atoms with Gasteiger partial charge in [-0.3, -0.25) is 9.59 Å². The molecule has 0 atom stereocenters. The summed E-state index contributed by atoms with van der Waals surface area (Å²) in [6.07, 6.45) is 0. The first-order valence-corrected chi connectivity index (χ1v) is 6.33. The second-order valence-electron chi connectivity index (χ2n) is 3.82. The Morgan fingerprint density at radius 1 is 0.650 bits per heavy atom. The normalized spacial score (nSPS) is 10.7. The maximum atomic E-state index is 11.7. The van der Waals surface area contributed by atoms with E-state index in [1.807, 2.05) is 0 Å². The van der Waals surface area contributed by atoms with Crippen molar-refractivity contribution in [3.05, 3.63) is 69.7 Å². The van der Waals surface area contributed by atoms with Crippen molar-refractivity contribution in [1.82, 2.24) is 0 Å². The van der Waals surface area contributed by atoms with Crippen molar-refractivity contribution >= 4 is 35.0 Å². The zero-order valence-corrected chi connectivity index (χ0v) is 11.6. The van der Waals surface area contributed by atoms with E-state index in [0.717, 1.165) is 0 Å². The fourth-order valence-corrected chi connectivity index (χ4v) is 1.64. The van der Waals surface area contributed by atoms with E-state index in [0.29, 0.717) is 21.2 Å². The van der Waals surface area contributed by atoms with Gasteiger partial charge >= 0.3 is 0 Å². The second-order valence-corrected chi connectivity index (χ2v) is 4.70. The molecule has 2 amide bonds. The second kappa shape index (κ2) is 6.41. The quantitative estimate of drug-likeness (QED) is 0.771. The van der Waals surface area contributed by atoms with Gasteiger partial charge in [0.15, 0.2) is 0 Å².